The Balaban J connectivity index is 1.59. The van der Waals surface area contributed by atoms with E-state index in [1.165, 1.54) is 26.9 Å². The van der Waals surface area contributed by atoms with Gasteiger partial charge in [0, 0.05) is 34.3 Å². The zero-order valence-electron chi connectivity index (χ0n) is 13.4. The molecular weight excluding hydrogens is 310 g/mol. The molecule has 0 radical (unpaired) electrons. The van der Waals surface area contributed by atoms with Crippen molar-refractivity contribution in [1.82, 2.24) is 4.57 Å². The largest absolute Gasteiger partial charge is 0.343 e. The van der Waals surface area contributed by atoms with Gasteiger partial charge in [0.2, 0.25) is 0 Å². The number of fused-ring (bicyclic) bond motifs is 1. The van der Waals surface area contributed by atoms with Gasteiger partial charge in [-0.15, -0.1) is 11.8 Å². The molecule has 0 saturated heterocycles. The van der Waals surface area contributed by atoms with Gasteiger partial charge in [-0.2, -0.15) is 0 Å². The zero-order chi connectivity index (χ0) is 16.2. The molecule has 24 heavy (non-hydrogen) atoms. The summed E-state index contributed by atoms with van der Waals surface area (Å²) in [4.78, 5) is 1.35. The zero-order valence-corrected chi connectivity index (χ0v) is 14.2. The predicted molar refractivity (Wildman–Crippen MR) is 103 cm³/mol. The number of hydrogen-bond acceptors (Lipinski definition) is 1. The molecule has 0 amide bonds. The summed E-state index contributed by atoms with van der Waals surface area (Å²) in [5.41, 5.74) is 4.00. The van der Waals surface area contributed by atoms with Gasteiger partial charge >= 0.3 is 0 Å². The minimum atomic E-state index is 0.914. The van der Waals surface area contributed by atoms with Gasteiger partial charge in [-0.1, -0.05) is 66.7 Å². The smallest absolute Gasteiger partial charge is 0.0494 e. The van der Waals surface area contributed by atoms with Crippen molar-refractivity contribution in [3.05, 3.63) is 102 Å². The van der Waals surface area contributed by atoms with E-state index in [9.17, 15) is 0 Å². The van der Waals surface area contributed by atoms with Crippen molar-refractivity contribution < 1.29 is 0 Å². The number of hydrogen-bond donors (Lipinski definition) is 0. The molecule has 0 unspecified atom stereocenters. The first-order chi connectivity index (χ1) is 11.9. The molecule has 3 aromatic carbocycles. The molecule has 0 atom stereocenters. The summed E-state index contributed by atoms with van der Waals surface area (Å²) in [7, 11) is 0. The van der Waals surface area contributed by atoms with E-state index in [4.69, 9.17) is 0 Å². The molecule has 0 bridgehead atoms. The second kappa shape index (κ2) is 6.98. The van der Waals surface area contributed by atoms with E-state index in [1.54, 1.807) is 0 Å². The molecule has 118 valence electrons. The summed E-state index contributed by atoms with van der Waals surface area (Å²) in [5, 5.41) is 1.34. The first kappa shape index (κ1) is 15.1. The highest BCUT2D eigenvalue weighted by molar-refractivity contribution is 7.98. The first-order valence-corrected chi connectivity index (χ1v) is 9.17. The van der Waals surface area contributed by atoms with Crippen LogP contribution in [0.3, 0.4) is 0 Å². The van der Waals surface area contributed by atoms with Crippen molar-refractivity contribution >= 4 is 22.7 Å². The third-order valence-corrected chi connectivity index (χ3v) is 5.35. The summed E-state index contributed by atoms with van der Waals surface area (Å²) in [5.74, 6) is 1.00. The lowest BCUT2D eigenvalue weighted by molar-refractivity contribution is 0.837. The maximum Gasteiger partial charge on any atom is 0.0494 e. The van der Waals surface area contributed by atoms with Gasteiger partial charge in [0.25, 0.3) is 0 Å². The molecule has 0 aliphatic carbocycles. The standard InChI is InChI=1S/C22H19NS/c1-3-8-18(9-4-1)16-23-15-14-20-21(23)12-7-13-22(20)24-17-19-10-5-2-6-11-19/h1-15H,16-17H2. The Morgan fingerprint density at radius 2 is 1.38 bits per heavy atom. The van der Waals surface area contributed by atoms with Crippen LogP contribution in [0.1, 0.15) is 11.1 Å². The fourth-order valence-corrected chi connectivity index (χ4v) is 3.99. The summed E-state index contributed by atoms with van der Waals surface area (Å²) in [6.45, 7) is 0.914. The van der Waals surface area contributed by atoms with Gasteiger partial charge < -0.3 is 4.57 Å². The Morgan fingerprint density at radius 1 is 0.667 bits per heavy atom. The van der Waals surface area contributed by atoms with E-state index < -0.39 is 0 Å². The van der Waals surface area contributed by atoms with E-state index in [-0.39, 0.29) is 0 Å². The SMILES string of the molecule is c1ccc(CSc2cccc3c2ccn3Cc2ccccc2)cc1. The number of rotatable bonds is 5. The van der Waals surface area contributed by atoms with Gasteiger partial charge in [0.15, 0.2) is 0 Å². The second-order valence-corrected chi connectivity index (χ2v) is 6.91. The third kappa shape index (κ3) is 3.24. The van der Waals surface area contributed by atoms with Crippen LogP contribution in [0.5, 0.6) is 0 Å². The van der Waals surface area contributed by atoms with Crippen molar-refractivity contribution in [2.24, 2.45) is 0 Å². The monoisotopic (exact) mass is 329 g/mol. The quantitative estimate of drug-likeness (QED) is 0.408. The topological polar surface area (TPSA) is 4.93 Å². The second-order valence-electron chi connectivity index (χ2n) is 5.89. The van der Waals surface area contributed by atoms with Crippen LogP contribution in [0.15, 0.2) is 96.0 Å². The maximum absolute atomic E-state index is 2.33. The fraction of sp³-hybridized carbons (Fsp3) is 0.0909. The van der Waals surface area contributed by atoms with E-state index in [0.29, 0.717) is 0 Å². The lowest BCUT2D eigenvalue weighted by Gasteiger charge is -2.08. The maximum atomic E-state index is 2.33. The molecule has 0 saturated carbocycles. The Labute approximate surface area is 146 Å². The van der Waals surface area contributed by atoms with Crippen molar-refractivity contribution in [2.75, 3.05) is 0 Å². The average Bonchev–Trinajstić information content (AvgIpc) is 3.05. The van der Waals surface area contributed by atoms with Crippen molar-refractivity contribution in [3.8, 4) is 0 Å². The van der Waals surface area contributed by atoms with Crippen LogP contribution < -0.4 is 0 Å². The highest BCUT2D eigenvalue weighted by Gasteiger charge is 2.07. The Morgan fingerprint density at radius 3 is 2.12 bits per heavy atom. The lowest BCUT2D eigenvalue weighted by atomic mass is 10.2. The highest BCUT2D eigenvalue weighted by atomic mass is 32.2. The van der Waals surface area contributed by atoms with Crippen molar-refractivity contribution in [2.45, 2.75) is 17.2 Å². The highest BCUT2D eigenvalue weighted by Crippen LogP contribution is 2.31. The summed E-state index contributed by atoms with van der Waals surface area (Å²) >= 11 is 1.91. The average molecular weight is 329 g/mol. The van der Waals surface area contributed by atoms with Gasteiger partial charge in [-0.05, 0) is 29.3 Å². The molecule has 0 fully saturated rings. The summed E-state index contributed by atoms with van der Waals surface area (Å²) < 4.78 is 2.33. The number of benzene rings is 3. The normalized spacial score (nSPS) is 11.0. The van der Waals surface area contributed by atoms with Gasteiger partial charge in [-0.3, -0.25) is 0 Å². The van der Waals surface area contributed by atoms with Gasteiger partial charge in [-0.25, -0.2) is 0 Å². The molecule has 0 aliphatic rings. The number of nitrogens with zero attached hydrogens (tertiary/aromatic N) is 1. The van der Waals surface area contributed by atoms with Crippen LogP contribution in [-0.4, -0.2) is 4.57 Å². The number of thioether (sulfide) groups is 1. The number of aromatic nitrogens is 1. The molecule has 0 spiro atoms. The molecule has 1 heterocycles. The molecule has 4 rings (SSSR count). The van der Waals surface area contributed by atoms with Crippen LogP contribution >= 0.6 is 11.8 Å². The minimum Gasteiger partial charge on any atom is -0.343 e. The molecule has 0 aliphatic heterocycles. The van der Waals surface area contributed by atoms with E-state index in [0.717, 1.165) is 12.3 Å². The summed E-state index contributed by atoms with van der Waals surface area (Å²) in [6, 6.07) is 30.1. The van der Waals surface area contributed by atoms with Crippen LogP contribution in [-0.2, 0) is 12.3 Å². The van der Waals surface area contributed by atoms with Crippen LogP contribution in [0.25, 0.3) is 10.9 Å². The van der Waals surface area contributed by atoms with E-state index in [1.807, 2.05) is 11.8 Å². The minimum absolute atomic E-state index is 0.914. The van der Waals surface area contributed by atoms with Gasteiger partial charge in [0.05, 0.1) is 0 Å². The van der Waals surface area contributed by atoms with Crippen LogP contribution in [0, 0.1) is 0 Å². The third-order valence-electron chi connectivity index (χ3n) is 4.21. The molecule has 0 N–H and O–H groups in total. The van der Waals surface area contributed by atoms with Crippen LogP contribution in [0.2, 0.25) is 0 Å². The lowest BCUT2D eigenvalue weighted by Crippen LogP contribution is -1.97. The van der Waals surface area contributed by atoms with Crippen molar-refractivity contribution in [3.63, 3.8) is 0 Å². The molecular formula is C22H19NS. The molecule has 4 aromatic rings. The predicted octanol–water partition coefficient (Wildman–Crippen LogP) is 5.98. The van der Waals surface area contributed by atoms with Crippen molar-refractivity contribution in [1.29, 1.82) is 0 Å². The van der Waals surface area contributed by atoms with Crippen LogP contribution in [0.4, 0.5) is 0 Å². The van der Waals surface area contributed by atoms with Gasteiger partial charge in [0.1, 0.15) is 0 Å². The fourth-order valence-electron chi connectivity index (χ4n) is 2.97. The van der Waals surface area contributed by atoms with E-state index >= 15 is 0 Å². The summed E-state index contributed by atoms with van der Waals surface area (Å²) in [6.07, 6.45) is 2.20. The molecule has 1 aromatic heterocycles. The Hall–Kier alpha value is -2.45. The van der Waals surface area contributed by atoms with E-state index in [2.05, 4.69) is 95.7 Å². The molecule has 1 nitrogen and oxygen atoms in total. The Bertz CT molecular complexity index is 926. The Kier molecular flexibility index (Phi) is 4.39. The molecule has 2 heteroatoms. The first-order valence-electron chi connectivity index (χ1n) is 8.19.